The lowest BCUT2D eigenvalue weighted by molar-refractivity contribution is -0.145. The molecule has 6 nitrogen and oxygen atoms in total. The second-order valence-corrected chi connectivity index (χ2v) is 5.91. The van der Waals surface area contributed by atoms with E-state index in [0.717, 1.165) is 37.2 Å². The summed E-state index contributed by atoms with van der Waals surface area (Å²) in [6, 6.07) is 0. The SMILES string of the molecule is CCc1nnsc1C(=O)NC1(C(=O)O)CCCCCC1. The van der Waals surface area contributed by atoms with E-state index in [1.165, 1.54) is 0 Å². The summed E-state index contributed by atoms with van der Waals surface area (Å²) in [5.41, 5.74) is -0.510. The van der Waals surface area contributed by atoms with Gasteiger partial charge in [0.15, 0.2) is 0 Å². The first-order valence-corrected chi connectivity index (χ1v) is 7.73. The number of aromatic nitrogens is 2. The van der Waals surface area contributed by atoms with Gasteiger partial charge in [-0.05, 0) is 30.8 Å². The molecule has 7 heteroatoms. The van der Waals surface area contributed by atoms with Crippen molar-refractivity contribution in [3.05, 3.63) is 10.6 Å². The highest BCUT2D eigenvalue weighted by molar-refractivity contribution is 7.08. The number of carboxylic acids is 1. The highest BCUT2D eigenvalue weighted by atomic mass is 32.1. The van der Waals surface area contributed by atoms with E-state index >= 15 is 0 Å². The van der Waals surface area contributed by atoms with E-state index in [4.69, 9.17) is 0 Å². The van der Waals surface area contributed by atoms with Gasteiger partial charge in [-0.3, -0.25) is 4.79 Å². The molecule has 0 aliphatic heterocycles. The first-order chi connectivity index (χ1) is 9.59. The zero-order valence-corrected chi connectivity index (χ0v) is 12.3. The molecule has 0 unspecified atom stereocenters. The minimum absolute atomic E-state index is 0.360. The van der Waals surface area contributed by atoms with Gasteiger partial charge in [0.2, 0.25) is 0 Å². The lowest BCUT2D eigenvalue weighted by Gasteiger charge is -2.29. The standard InChI is InChI=1S/C13H19N3O3S/c1-2-9-10(20-16-15-9)11(17)14-13(12(18)19)7-5-3-4-6-8-13/h2-8H2,1H3,(H,14,17)(H,18,19). The minimum Gasteiger partial charge on any atom is -0.480 e. The number of carboxylic acid groups (broad SMARTS) is 1. The molecule has 2 N–H and O–H groups in total. The van der Waals surface area contributed by atoms with E-state index in [2.05, 4.69) is 14.9 Å². The predicted octanol–water partition coefficient (Wildman–Crippen LogP) is 2.01. The Labute approximate surface area is 121 Å². The number of aliphatic carboxylic acids is 1. The van der Waals surface area contributed by atoms with Crippen molar-refractivity contribution in [2.75, 3.05) is 0 Å². The van der Waals surface area contributed by atoms with Crippen molar-refractivity contribution in [3.8, 4) is 0 Å². The molecule has 110 valence electrons. The molecule has 0 saturated heterocycles. The third-order valence-corrected chi connectivity index (χ3v) is 4.58. The number of hydrogen-bond acceptors (Lipinski definition) is 5. The van der Waals surface area contributed by atoms with Crippen molar-refractivity contribution in [1.82, 2.24) is 14.9 Å². The summed E-state index contributed by atoms with van der Waals surface area (Å²) >= 11 is 1.02. The number of nitrogens with zero attached hydrogens (tertiary/aromatic N) is 2. The van der Waals surface area contributed by atoms with Gasteiger partial charge in [-0.15, -0.1) is 5.10 Å². The summed E-state index contributed by atoms with van der Waals surface area (Å²) in [6.07, 6.45) is 5.28. The Hall–Kier alpha value is -1.50. The van der Waals surface area contributed by atoms with E-state index in [-0.39, 0.29) is 5.91 Å². The fraction of sp³-hybridized carbons (Fsp3) is 0.692. The van der Waals surface area contributed by atoms with Gasteiger partial charge in [-0.25, -0.2) is 4.79 Å². The van der Waals surface area contributed by atoms with Crippen molar-refractivity contribution < 1.29 is 14.7 Å². The van der Waals surface area contributed by atoms with Crippen LogP contribution in [0.2, 0.25) is 0 Å². The summed E-state index contributed by atoms with van der Waals surface area (Å²) in [5, 5.41) is 16.2. The maximum Gasteiger partial charge on any atom is 0.329 e. The fourth-order valence-electron chi connectivity index (χ4n) is 2.61. The lowest BCUT2D eigenvalue weighted by atomic mass is 9.90. The molecule has 0 bridgehead atoms. The predicted molar refractivity (Wildman–Crippen MR) is 74.8 cm³/mol. The molecule has 1 aromatic heterocycles. The van der Waals surface area contributed by atoms with Crippen LogP contribution in [-0.2, 0) is 11.2 Å². The van der Waals surface area contributed by atoms with E-state index in [1.54, 1.807) is 0 Å². The largest absolute Gasteiger partial charge is 0.480 e. The number of carbonyl (C=O) groups excluding carboxylic acids is 1. The highest BCUT2D eigenvalue weighted by Gasteiger charge is 2.40. The van der Waals surface area contributed by atoms with Crippen LogP contribution >= 0.6 is 11.5 Å². The molecule has 1 saturated carbocycles. The van der Waals surface area contributed by atoms with E-state index < -0.39 is 11.5 Å². The van der Waals surface area contributed by atoms with Crippen LogP contribution in [0.4, 0.5) is 0 Å². The Morgan fingerprint density at radius 2 is 1.95 bits per heavy atom. The van der Waals surface area contributed by atoms with Crippen molar-refractivity contribution in [3.63, 3.8) is 0 Å². The third kappa shape index (κ3) is 2.98. The van der Waals surface area contributed by atoms with Crippen molar-refractivity contribution in [2.45, 2.75) is 57.4 Å². The zero-order chi connectivity index (χ0) is 14.6. The van der Waals surface area contributed by atoms with Crippen LogP contribution in [0.5, 0.6) is 0 Å². The van der Waals surface area contributed by atoms with Gasteiger partial charge < -0.3 is 10.4 Å². The zero-order valence-electron chi connectivity index (χ0n) is 11.5. The fourth-order valence-corrected chi connectivity index (χ4v) is 3.26. The van der Waals surface area contributed by atoms with Crippen LogP contribution in [0.15, 0.2) is 0 Å². The van der Waals surface area contributed by atoms with Crippen LogP contribution in [0.25, 0.3) is 0 Å². The van der Waals surface area contributed by atoms with Gasteiger partial charge >= 0.3 is 5.97 Å². The molecule has 1 amide bonds. The Kier molecular flexibility index (Phi) is 4.69. The summed E-state index contributed by atoms with van der Waals surface area (Å²) in [7, 11) is 0. The van der Waals surface area contributed by atoms with Crippen LogP contribution in [0, 0.1) is 0 Å². The molecule has 1 heterocycles. The van der Waals surface area contributed by atoms with Gasteiger partial charge in [0, 0.05) is 0 Å². The van der Waals surface area contributed by atoms with Gasteiger partial charge in [-0.2, -0.15) is 0 Å². The van der Waals surface area contributed by atoms with E-state index in [0.29, 0.717) is 29.8 Å². The van der Waals surface area contributed by atoms with Gasteiger partial charge in [-0.1, -0.05) is 37.1 Å². The Balaban J connectivity index is 2.19. The minimum atomic E-state index is -1.14. The molecule has 1 fully saturated rings. The molecule has 0 radical (unpaired) electrons. The third-order valence-electron chi connectivity index (χ3n) is 3.82. The topological polar surface area (TPSA) is 92.2 Å². The number of rotatable bonds is 4. The van der Waals surface area contributed by atoms with Gasteiger partial charge in [0.05, 0.1) is 5.69 Å². The molecule has 1 aliphatic carbocycles. The van der Waals surface area contributed by atoms with Crippen LogP contribution in [0.1, 0.15) is 60.8 Å². The number of aryl methyl sites for hydroxylation is 1. The van der Waals surface area contributed by atoms with Crippen LogP contribution in [0.3, 0.4) is 0 Å². The number of nitrogens with one attached hydrogen (secondary N) is 1. The lowest BCUT2D eigenvalue weighted by Crippen LogP contribution is -2.54. The van der Waals surface area contributed by atoms with Crippen molar-refractivity contribution >= 4 is 23.4 Å². The molecule has 20 heavy (non-hydrogen) atoms. The smallest absolute Gasteiger partial charge is 0.329 e. The number of carbonyl (C=O) groups is 2. The summed E-state index contributed by atoms with van der Waals surface area (Å²) in [5.74, 6) is -1.30. The van der Waals surface area contributed by atoms with Gasteiger partial charge in [0.25, 0.3) is 5.91 Å². The van der Waals surface area contributed by atoms with Gasteiger partial charge in [0.1, 0.15) is 10.4 Å². The summed E-state index contributed by atoms with van der Waals surface area (Å²) in [6.45, 7) is 1.89. The maximum absolute atomic E-state index is 12.3. The second-order valence-electron chi connectivity index (χ2n) is 5.16. The Morgan fingerprint density at radius 3 is 2.50 bits per heavy atom. The first kappa shape index (κ1) is 14.9. The monoisotopic (exact) mass is 297 g/mol. The molecule has 1 aromatic rings. The molecule has 0 aromatic carbocycles. The van der Waals surface area contributed by atoms with Crippen LogP contribution < -0.4 is 5.32 Å². The average Bonchev–Trinajstić information content (AvgIpc) is 2.78. The molecule has 0 spiro atoms. The highest BCUT2D eigenvalue weighted by Crippen LogP contribution is 2.28. The van der Waals surface area contributed by atoms with Crippen molar-refractivity contribution in [2.24, 2.45) is 0 Å². The molecular formula is C13H19N3O3S. The average molecular weight is 297 g/mol. The first-order valence-electron chi connectivity index (χ1n) is 6.96. The Bertz CT molecular complexity index is 493. The molecule has 1 aliphatic rings. The number of hydrogen-bond donors (Lipinski definition) is 2. The van der Waals surface area contributed by atoms with E-state index in [1.807, 2.05) is 6.92 Å². The Morgan fingerprint density at radius 1 is 1.30 bits per heavy atom. The second kappa shape index (κ2) is 6.30. The number of amides is 1. The molecule has 0 atom stereocenters. The quantitative estimate of drug-likeness (QED) is 0.829. The summed E-state index contributed by atoms with van der Waals surface area (Å²) < 4.78 is 3.78. The normalized spacial score (nSPS) is 18.2. The molecular weight excluding hydrogens is 278 g/mol. The summed E-state index contributed by atoms with van der Waals surface area (Å²) in [4.78, 5) is 24.4. The van der Waals surface area contributed by atoms with Crippen molar-refractivity contribution in [1.29, 1.82) is 0 Å². The van der Waals surface area contributed by atoms with E-state index in [9.17, 15) is 14.7 Å². The van der Waals surface area contributed by atoms with Crippen LogP contribution in [-0.4, -0.2) is 32.1 Å². The maximum atomic E-state index is 12.3. The molecule has 2 rings (SSSR count).